The van der Waals surface area contributed by atoms with Crippen LogP contribution in [0, 0.1) is 6.92 Å². The van der Waals surface area contributed by atoms with E-state index in [1.54, 1.807) is 6.92 Å². The fourth-order valence-electron chi connectivity index (χ4n) is 1.50. The Morgan fingerprint density at radius 1 is 1.45 bits per heavy atom. The second-order valence-electron chi connectivity index (χ2n) is 3.97. The van der Waals surface area contributed by atoms with Gasteiger partial charge in [-0.05, 0) is 23.8 Å². The molecule has 0 atom stereocenters. The average Bonchev–Trinajstić information content (AvgIpc) is 2.83. The largest absolute Gasteiger partial charge is 0.392 e. The molecule has 7 nitrogen and oxygen atoms in total. The Balaban J connectivity index is 2.17. The van der Waals surface area contributed by atoms with Gasteiger partial charge in [-0.15, -0.1) is 0 Å². The molecule has 1 heterocycles. The van der Waals surface area contributed by atoms with Gasteiger partial charge in [0.1, 0.15) is 0 Å². The summed E-state index contributed by atoms with van der Waals surface area (Å²) < 4.78 is 31.2. The van der Waals surface area contributed by atoms with E-state index >= 15 is 0 Å². The Kier molecular flexibility index (Phi) is 4.39. The Bertz CT molecular complexity index is 714. The first-order valence-corrected chi connectivity index (χ1v) is 7.46. The fourth-order valence-corrected chi connectivity index (χ4v) is 2.70. The first kappa shape index (κ1) is 14.9. The summed E-state index contributed by atoms with van der Waals surface area (Å²) in [4.78, 5) is 3.90. The number of halogens is 1. The zero-order valence-electron chi connectivity index (χ0n) is 10.5. The Morgan fingerprint density at radius 2 is 2.20 bits per heavy atom. The topological polar surface area (TPSA) is 105 Å². The van der Waals surface area contributed by atoms with Crippen molar-refractivity contribution in [1.29, 1.82) is 0 Å². The molecule has 108 valence electrons. The molecule has 0 bridgehead atoms. The number of rotatable bonds is 5. The van der Waals surface area contributed by atoms with E-state index in [1.165, 1.54) is 18.2 Å². The molecule has 2 aromatic rings. The van der Waals surface area contributed by atoms with Crippen LogP contribution in [0.4, 0.5) is 0 Å². The molecule has 20 heavy (non-hydrogen) atoms. The highest BCUT2D eigenvalue weighted by molar-refractivity contribution is 7.89. The molecule has 0 saturated heterocycles. The third-order valence-electron chi connectivity index (χ3n) is 2.49. The number of sulfonamides is 1. The maximum atomic E-state index is 12.1. The van der Waals surface area contributed by atoms with E-state index in [4.69, 9.17) is 21.2 Å². The van der Waals surface area contributed by atoms with Crippen molar-refractivity contribution in [3.05, 3.63) is 40.5 Å². The first-order valence-electron chi connectivity index (χ1n) is 5.60. The van der Waals surface area contributed by atoms with Crippen molar-refractivity contribution >= 4 is 21.6 Å². The van der Waals surface area contributed by atoms with Crippen LogP contribution in [0.2, 0.25) is 5.02 Å². The SMILES string of the molecule is Cc1nc(CNS(=O)(=O)c2ccc(Cl)c(CO)c2)no1. The van der Waals surface area contributed by atoms with Gasteiger partial charge in [0.15, 0.2) is 5.82 Å². The van der Waals surface area contributed by atoms with Crippen LogP contribution < -0.4 is 4.72 Å². The summed E-state index contributed by atoms with van der Waals surface area (Å²) in [5.74, 6) is 0.593. The highest BCUT2D eigenvalue weighted by atomic mass is 35.5. The van der Waals surface area contributed by atoms with Crippen LogP contribution in [0.25, 0.3) is 0 Å². The maximum Gasteiger partial charge on any atom is 0.240 e. The molecular formula is C11H12ClN3O4S. The molecule has 0 fully saturated rings. The summed E-state index contributed by atoms with van der Waals surface area (Å²) in [5, 5.41) is 13.0. The predicted octanol–water partition coefficient (Wildman–Crippen LogP) is 1.00. The molecule has 9 heteroatoms. The van der Waals surface area contributed by atoms with Crippen molar-refractivity contribution in [3.63, 3.8) is 0 Å². The predicted molar refractivity (Wildman–Crippen MR) is 70.4 cm³/mol. The molecule has 0 aliphatic carbocycles. The van der Waals surface area contributed by atoms with Gasteiger partial charge in [0.05, 0.1) is 18.0 Å². The van der Waals surface area contributed by atoms with Crippen molar-refractivity contribution < 1.29 is 18.0 Å². The summed E-state index contributed by atoms with van der Waals surface area (Å²) in [5.41, 5.74) is 0.338. The second-order valence-corrected chi connectivity index (χ2v) is 6.14. The molecular weight excluding hydrogens is 306 g/mol. The molecule has 0 spiro atoms. The van der Waals surface area contributed by atoms with Crippen molar-refractivity contribution in [2.24, 2.45) is 0 Å². The number of benzene rings is 1. The monoisotopic (exact) mass is 317 g/mol. The van der Waals surface area contributed by atoms with Crippen LogP contribution in [-0.2, 0) is 23.2 Å². The summed E-state index contributed by atoms with van der Waals surface area (Å²) >= 11 is 5.81. The maximum absolute atomic E-state index is 12.1. The van der Waals surface area contributed by atoms with Gasteiger partial charge in [0.2, 0.25) is 15.9 Å². The number of nitrogens with zero attached hydrogens (tertiary/aromatic N) is 2. The first-order chi connectivity index (χ1) is 9.42. The molecule has 2 rings (SSSR count). The number of hydrogen-bond donors (Lipinski definition) is 2. The molecule has 1 aromatic carbocycles. The molecule has 1 aromatic heterocycles. The van der Waals surface area contributed by atoms with Crippen LogP contribution in [-0.4, -0.2) is 23.7 Å². The molecule has 0 amide bonds. The number of aromatic nitrogens is 2. The lowest BCUT2D eigenvalue weighted by Crippen LogP contribution is -2.24. The second kappa shape index (κ2) is 5.88. The van der Waals surface area contributed by atoms with Crippen LogP contribution in [0.15, 0.2) is 27.6 Å². The number of aliphatic hydroxyl groups excluding tert-OH is 1. The Hall–Kier alpha value is -1.48. The smallest absolute Gasteiger partial charge is 0.240 e. The number of nitrogens with one attached hydrogen (secondary N) is 1. The van der Waals surface area contributed by atoms with E-state index in [0.29, 0.717) is 16.5 Å². The summed E-state index contributed by atoms with van der Waals surface area (Å²) in [7, 11) is -3.74. The van der Waals surface area contributed by atoms with Crippen molar-refractivity contribution in [2.45, 2.75) is 25.0 Å². The third-order valence-corrected chi connectivity index (χ3v) is 4.26. The third kappa shape index (κ3) is 3.34. The summed E-state index contributed by atoms with van der Waals surface area (Å²) in [6, 6.07) is 4.08. The van der Waals surface area contributed by atoms with Crippen LogP contribution in [0.3, 0.4) is 0 Å². The van der Waals surface area contributed by atoms with Crippen LogP contribution >= 0.6 is 11.6 Å². The fraction of sp³-hybridized carbons (Fsp3) is 0.273. The molecule has 0 aliphatic heterocycles. The van der Waals surface area contributed by atoms with Gasteiger partial charge in [0, 0.05) is 11.9 Å². The van der Waals surface area contributed by atoms with Gasteiger partial charge in [-0.1, -0.05) is 16.8 Å². The van der Waals surface area contributed by atoms with Gasteiger partial charge >= 0.3 is 0 Å². The summed E-state index contributed by atoms with van der Waals surface area (Å²) in [6.07, 6.45) is 0. The lowest BCUT2D eigenvalue weighted by atomic mass is 10.2. The lowest BCUT2D eigenvalue weighted by molar-refractivity contribution is 0.281. The number of aliphatic hydroxyl groups is 1. The zero-order valence-corrected chi connectivity index (χ0v) is 12.1. The Morgan fingerprint density at radius 3 is 2.80 bits per heavy atom. The van der Waals surface area contributed by atoms with E-state index in [2.05, 4.69) is 14.9 Å². The highest BCUT2D eigenvalue weighted by Crippen LogP contribution is 2.20. The molecule has 0 aliphatic rings. The minimum Gasteiger partial charge on any atom is -0.392 e. The van der Waals surface area contributed by atoms with Crippen molar-refractivity contribution in [1.82, 2.24) is 14.9 Å². The van der Waals surface area contributed by atoms with E-state index in [-0.39, 0.29) is 23.9 Å². The normalized spacial score (nSPS) is 11.8. The van der Waals surface area contributed by atoms with Crippen molar-refractivity contribution in [3.8, 4) is 0 Å². The minimum absolute atomic E-state index is 0.00571. The van der Waals surface area contributed by atoms with Crippen LogP contribution in [0.5, 0.6) is 0 Å². The molecule has 0 radical (unpaired) electrons. The standard InChI is InChI=1S/C11H12ClN3O4S/c1-7-14-11(15-19-7)5-13-20(17,18)9-2-3-10(12)8(4-9)6-16/h2-4,13,16H,5-6H2,1H3. The van der Waals surface area contributed by atoms with Gasteiger partial charge in [-0.2, -0.15) is 4.98 Å². The molecule has 0 saturated carbocycles. The van der Waals surface area contributed by atoms with Gasteiger partial charge in [-0.25, -0.2) is 13.1 Å². The lowest BCUT2D eigenvalue weighted by Gasteiger charge is -2.07. The van der Waals surface area contributed by atoms with Crippen LogP contribution in [0.1, 0.15) is 17.3 Å². The van der Waals surface area contributed by atoms with Crippen molar-refractivity contribution in [2.75, 3.05) is 0 Å². The quantitative estimate of drug-likeness (QED) is 0.852. The van der Waals surface area contributed by atoms with Gasteiger partial charge in [-0.3, -0.25) is 0 Å². The van der Waals surface area contributed by atoms with Gasteiger partial charge < -0.3 is 9.63 Å². The molecule has 2 N–H and O–H groups in total. The van der Waals surface area contributed by atoms with E-state index in [9.17, 15) is 8.42 Å². The van der Waals surface area contributed by atoms with E-state index in [0.717, 1.165) is 0 Å². The van der Waals surface area contributed by atoms with E-state index < -0.39 is 10.0 Å². The number of hydrogen-bond acceptors (Lipinski definition) is 6. The minimum atomic E-state index is -3.74. The molecule has 0 unspecified atom stereocenters. The number of aryl methyl sites for hydroxylation is 1. The highest BCUT2D eigenvalue weighted by Gasteiger charge is 2.16. The Labute approximate surface area is 120 Å². The van der Waals surface area contributed by atoms with Gasteiger partial charge in [0.25, 0.3) is 0 Å². The average molecular weight is 318 g/mol. The summed E-state index contributed by atoms with van der Waals surface area (Å²) in [6.45, 7) is 1.18. The zero-order chi connectivity index (χ0) is 14.8. The van der Waals surface area contributed by atoms with E-state index in [1.807, 2.05) is 0 Å².